The molecule has 0 aromatic carbocycles. The van der Waals surface area contributed by atoms with Crippen molar-refractivity contribution in [3.63, 3.8) is 0 Å². The van der Waals surface area contributed by atoms with Gasteiger partial charge in [-0.05, 0) is 13.8 Å². The molecule has 1 heterocycles. The normalized spacial score (nSPS) is 28.9. The molecule has 2 nitrogen and oxygen atoms in total. The number of hydrogen-bond acceptors (Lipinski definition) is 2. The van der Waals surface area contributed by atoms with Gasteiger partial charge in [0.05, 0.1) is 13.2 Å². The Balaban J connectivity index is 2.39. The molecule has 1 aliphatic heterocycles. The van der Waals surface area contributed by atoms with E-state index in [4.69, 9.17) is 4.74 Å². The molecule has 0 N–H and O–H groups in total. The maximum Gasteiger partial charge on any atom is 0.0597 e. The first-order valence-electron chi connectivity index (χ1n) is 4.16. The minimum Gasteiger partial charge on any atom is -0.379 e. The van der Waals surface area contributed by atoms with Gasteiger partial charge in [-0.3, -0.25) is 4.90 Å². The largest absolute Gasteiger partial charge is 0.379 e. The summed E-state index contributed by atoms with van der Waals surface area (Å²) in [6.45, 7) is 8.58. The summed E-state index contributed by atoms with van der Waals surface area (Å²) in [5.41, 5.74) is 0. The van der Waals surface area contributed by atoms with Gasteiger partial charge in [0.1, 0.15) is 0 Å². The Morgan fingerprint density at radius 3 is 2.91 bits per heavy atom. The molecular formula is C8H16INO. The van der Waals surface area contributed by atoms with Gasteiger partial charge >= 0.3 is 0 Å². The summed E-state index contributed by atoms with van der Waals surface area (Å²) >= 11 is 2.46. The molecule has 1 unspecified atom stereocenters. The van der Waals surface area contributed by atoms with Gasteiger partial charge in [-0.25, -0.2) is 0 Å². The second-order valence-electron chi connectivity index (χ2n) is 3.26. The smallest absolute Gasteiger partial charge is 0.0597 e. The van der Waals surface area contributed by atoms with E-state index in [1.54, 1.807) is 0 Å². The zero-order valence-corrected chi connectivity index (χ0v) is 9.37. The lowest BCUT2D eigenvalue weighted by Crippen LogP contribution is -2.35. The molecule has 0 aromatic rings. The van der Waals surface area contributed by atoms with Crippen LogP contribution in [-0.2, 0) is 4.74 Å². The predicted molar refractivity (Wildman–Crippen MR) is 55.3 cm³/mol. The second kappa shape index (κ2) is 4.62. The minimum absolute atomic E-state index is 0.661. The third-order valence-electron chi connectivity index (χ3n) is 1.98. The predicted octanol–water partition coefficient (Wildman–Crippen LogP) is 1.53. The minimum atomic E-state index is 0.661. The Bertz CT molecular complexity index is 119. The van der Waals surface area contributed by atoms with Gasteiger partial charge in [0.25, 0.3) is 0 Å². The van der Waals surface area contributed by atoms with Crippen molar-refractivity contribution in [1.82, 2.24) is 4.90 Å². The number of ether oxygens (including phenoxy) is 1. The number of alkyl halides is 1. The SMILES string of the molecule is CC(C)N1CCOCC(I)C1. The maximum atomic E-state index is 5.44. The molecule has 0 amide bonds. The zero-order chi connectivity index (χ0) is 8.27. The van der Waals surface area contributed by atoms with Crippen molar-refractivity contribution in [3.8, 4) is 0 Å². The lowest BCUT2D eigenvalue weighted by Gasteiger charge is -2.24. The van der Waals surface area contributed by atoms with Gasteiger partial charge < -0.3 is 4.74 Å². The van der Waals surface area contributed by atoms with Crippen molar-refractivity contribution in [2.75, 3.05) is 26.3 Å². The number of rotatable bonds is 1. The topological polar surface area (TPSA) is 12.5 Å². The van der Waals surface area contributed by atoms with E-state index in [0.29, 0.717) is 9.97 Å². The van der Waals surface area contributed by atoms with E-state index in [9.17, 15) is 0 Å². The summed E-state index contributed by atoms with van der Waals surface area (Å²) in [7, 11) is 0. The Morgan fingerprint density at radius 2 is 2.27 bits per heavy atom. The van der Waals surface area contributed by atoms with E-state index in [1.807, 2.05) is 0 Å². The molecule has 0 radical (unpaired) electrons. The first kappa shape index (κ1) is 9.74. The van der Waals surface area contributed by atoms with Crippen LogP contribution in [0.25, 0.3) is 0 Å². The van der Waals surface area contributed by atoms with Crippen molar-refractivity contribution in [1.29, 1.82) is 0 Å². The molecule has 0 saturated carbocycles. The van der Waals surface area contributed by atoms with Crippen LogP contribution in [0.3, 0.4) is 0 Å². The molecule has 11 heavy (non-hydrogen) atoms. The Hall–Kier alpha value is 0.650. The highest BCUT2D eigenvalue weighted by atomic mass is 127. The molecule has 0 aliphatic carbocycles. The fraction of sp³-hybridized carbons (Fsp3) is 1.00. The van der Waals surface area contributed by atoms with Crippen LogP contribution in [0.4, 0.5) is 0 Å². The molecule has 0 bridgehead atoms. The van der Waals surface area contributed by atoms with Crippen LogP contribution in [0.1, 0.15) is 13.8 Å². The van der Waals surface area contributed by atoms with E-state index in [0.717, 1.165) is 19.8 Å². The summed E-state index contributed by atoms with van der Waals surface area (Å²) in [4.78, 5) is 2.48. The van der Waals surface area contributed by atoms with Crippen LogP contribution in [0.5, 0.6) is 0 Å². The molecule has 1 saturated heterocycles. The number of hydrogen-bond donors (Lipinski definition) is 0. The van der Waals surface area contributed by atoms with Crippen molar-refractivity contribution in [2.24, 2.45) is 0 Å². The summed E-state index contributed by atoms with van der Waals surface area (Å²) in [6, 6.07) is 0.661. The van der Waals surface area contributed by atoms with Crippen LogP contribution >= 0.6 is 22.6 Å². The third kappa shape index (κ3) is 3.25. The van der Waals surface area contributed by atoms with Gasteiger partial charge in [-0.15, -0.1) is 0 Å². The van der Waals surface area contributed by atoms with Crippen LogP contribution < -0.4 is 0 Å². The maximum absolute atomic E-state index is 5.44. The van der Waals surface area contributed by atoms with Crippen LogP contribution in [0.15, 0.2) is 0 Å². The highest BCUT2D eigenvalue weighted by Gasteiger charge is 2.17. The van der Waals surface area contributed by atoms with Gasteiger partial charge in [-0.2, -0.15) is 0 Å². The molecule has 1 atom stereocenters. The summed E-state index contributed by atoms with van der Waals surface area (Å²) in [6.07, 6.45) is 0. The molecule has 0 spiro atoms. The highest BCUT2D eigenvalue weighted by molar-refractivity contribution is 14.1. The van der Waals surface area contributed by atoms with Crippen molar-refractivity contribution in [2.45, 2.75) is 23.8 Å². The Morgan fingerprint density at radius 1 is 1.55 bits per heavy atom. The van der Waals surface area contributed by atoms with Crippen LogP contribution in [-0.4, -0.2) is 41.2 Å². The van der Waals surface area contributed by atoms with Gasteiger partial charge in [0.2, 0.25) is 0 Å². The summed E-state index contributed by atoms with van der Waals surface area (Å²) in [5, 5.41) is 0. The van der Waals surface area contributed by atoms with E-state index in [1.165, 1.54) is 6.54 Å². The fourth-order valence-electron chi connectivity index (χ4n) is 1.26. The van der Waals surface area contributed by atoms with Crippen LogP contribution in [0.2, 0.25) is 0 Å². The Kier molecular flexibility index (Phi) is 4.09. The molecule has 1 rings (SSSR count). The average Bonchev–Trinajstić information content (AvgIpc) is 2.13. The van der Waals surface area contributed by atoms with Crippen molar-refractivity contribution < 1.29 is 4.74 Å². The number of halogens is 1. The van der Waals surface area contributed by atoms with Gasteiger partial charge in [0, 0.05) is 23.1 Å². The van der Waals surface area contributed by atoms with Crippen molar-refractivity contribution >= 4 is 22.6 Å². The molecule has 0 aromatic heterocycles. The van der Waals surface area contributed by atoms with Gasteiger partial charge in [-0.1, -0.05) is 22.6 Å². The van der Waals surface area contributed by atoms with E-state index >= 15 is 0 Å². The van der Waals surface area contributed by atoms with Crippen molar-refractivity contribution in [3.05, 3.63) is 0 Å². The number of nitrogens with zero attached hydrogens (tertiary/aromatic N) is 1. The van der Waals surface area contributed by atoms with E-state index in [-0.39, 0.29) is 0 Å². The third-order valence-corrected chi connectivity index (χ3v) is 2.74. The molecule has 66 valence electrons. The molecule has 1 aliphatic rings. The molecular weight excluding hydrogens is 253 g/mol. The lowest BCUT2D eigenvalue weighted by atomic mass is 10.3. The quantitative estimate of drug-likeness (QED) is 0.529. The first-order chi connectivity index (χ1) is 5.20. The molecule has 1 fully saturated rings. The van der Waals surface area contributed by atoms with E-state index in [2.05, 4.69) is 41.3 Å². The Labute approximate surface area is 82.4 Å². The van der Waals surface area contributed by atoms with E-state index < -0.39 is 0 Å². The first-order valence-corrected chi connectivity index (χ1v) is 5.40. The standard InChI is InChI=1S/C8H16INO/c1-7(2)10-3-4-11-6-8(9)5-10/h7-8H,3-6H2,1-2H3. The zero-order valence-electron chi connectivity index (χ0n) is 7.22. The average molecular weight is 269 g/mol. The summed E-state index contributed by atoms with van der Waals surface area (Å²) in [5.74, 6) is 0. The highest BCUT2D eigenvalue weighted by Crippen LogP contribution is 2.10. The van der Waals surface area contributed by atoms with Gasteiger partial charge in [0.15, 0.2) is 0 Å². The van der Waals surface area contributed by atoms with Crippen LogP contribution in [0, 0.1) is 0 Å². The second-order valence-corrected chi connectivity index (χ2v) is 5.02. The molecule has 3 heteroatoms. The monoisotopic (exact) mass is 269 g/mol. The summed E-state index contributed by atoms with van der Waals surface area (Å²) < 4.78 is 6.10. The lowest BCUT2D eigenvalue weighted by molar-refractivity contribution is 0.137. The fourth-order valence-corrected chi connectivity index (χ4v) is 2.02.